The second kappa shape index (κ2) is 6.62. The van der Waals surface area contributed by atoms with Gasteiger partial charge in [0.05, 0.1) is 0 Å². The minimum atomic E-state index is -2.70. The fourth-order valence-electron chi connectivity index (χ4n) is 2.81. The topological polar surface area (TPSA) is 85.2 Å². The zero-order valence-corrected chi connectivity index (χ0v) is 11.3. The van der Waals surface area contributed by atoms with Crippen LogP contribution in [0.4, 0.5) is 14.5 Å². The Balaban J connectivity index is 2.17. The number of hydrogen-bond donors (Lipinski definition) is 4. The lowest BCUT2D eigenvalue weighted by molar-refractivity contribution is -0.133. The van der Waals surface area contributed by atoms with Crippen molar-refractivity contribution in [3.05, 3.63) is 29.3 Å². The predicted octanol–water partition coefficient (Wildman–Crippen LogP) is 2.71. The zero-order chi connectivity index (χ0) is 15.4. The Morgan fingerprint density at radius 3 is 2.81 bits per heavy atom. The number of hydroxylamine groups is 1. The van der Waals surface area contributed by atoms with Gasteiger partial charge in [-0.3, -0.25) is 10.0 Å². The van der Waals surface area contributed by atoms with Gasteiger partial charge in [0.2, 0.25) is 5.91 Å². The van der Waals surface area contributed by atoms with E-state index in [1.807, 2.05) is 5.32 Å². The number of carbonyl (C=O) groups excluding carboxylic acids is 1. The normalized spacial score (nSPS) is 21.3. The first-order valence-electron chi connectivity index (χ1n) is 6.68. The van der Waals surface area contributed by atoms with E-state index in [1.165, 1.54) is 0 Å². The Hall–Kier alpha value is -2.02. The molecule has 2 unspecified atom stereocenters. The van der Waals surface area contributed by atoms with E-state index in [1.54, 1.807) is 23.7 Å². The van der Waals surface area contributed by atoms with Crippen molar-refractivity contribution < 1.29 is 18.8 Å². The molecule has 0 spiro atoms. The van der Waals surface area contributed by atoms with Crippen LogP contribution in [0, 0.1) is 11.3 Å². The summed E-state index contributed by atoms with van der Waals surface area (Å²) in [6.07, 6.45) is 3.01. The van der Waals surface area contributed by atoms with E-state index in [9.17, 15) is 13.6 Å². The second-order valence-corrected chi connectivity index (χ2v) is 5.12. The average molecular weight is 297 g/mol. The Labute approximate surface area is 120 Å². The number of rotatable bonds is 5. The first-order chi connectivity index (χ1) is 10.0. The smallest absolute Gasteiger partial charge is 0.312 e. The van der Waals surface area contributed by atoms with Crippen molar-refractivity contribution in [2.24, 2.45) is 5.92 Å². The number of benzene rings is 1. The molecule has 1 fully saturated rings. The van der Waals surface area contributed by atoms with E-state index in [2.05, 4.69) is 0 Å². The lowest BCUT2D eigenvalue weighted by atomic mass is 9.94. The van der Waals surface area contributed by atoms with Crippen LogP contribution in [0.25, 0.3) is 0 Å². The predicted molar refractivity (Wildman–Crippen MR) is 74.0 cm³/mol. The molecule has 21 heavy (non-hydrogen) atoms. The van der Waals surface area contributed by atoms with Crippen LogP contribution in [0.1, 0.15) is 36.3 Å². The summed E-state index contributed by atoms with van der Waals surface area (Å²) in [4.78, 5) is 11.4. The van der Waals surface area contributed by atoms with Crippen LogP contribution in [0.3, 0.4) is 0 Å². The van der Waals surface area contributed by atoms with Gasteiger partial charge in [0.1, 0.15) is 0 Å². The highest BCUT2D eigenvalue weighted by Crippen LogP contribution is 2.39. The van der Waals surface area contributed by atoms with Crippen LogP contribution in [0.2, 0.25) is 0 Å². The monoisotopic (exact) mass is 297 g/mol. The van der Waals surface area contributed by atoms with Crippen molar-refractivity contribution in [3.63, 3.8) is 0 Å². The number of halogens is 2. The lowest BCUT2D eigenvalue weighted by Gasteiger charge is -2.15. The summed E-state index contributed by atoms with van der Waals surface area (Å²) < 4.78 is 25.0. The molecule has 0 radical (unpaired) electrons. The molecule has 1 aromatic rings. The number of alkyl halides is 2. The van der Waals surface area contributed by atoms with Crippen molar-refractivity contribution >= 4 is 17.8 Å². The SMILES string of the molecule is N=Cc1ccc(C2CCC(C(=O)NO)C2)cc1NC(F)F. The first kappa shape index (κ1) is 15.4. The van der Waals surface area contributed by atoms with E-state index in [-0.39, 0.29) is 17.5 Å². The third kappa shape index (κ3) is 3.55. The molecule has 0 saturated heterocycles. The Bertz CT molecular complexity index is 537. The van der Waals surface area contributed by atoms with Crippen LogP contribution in [-0.2, 0) is 4.79 Å². The highest BCUT2D eigenvalue weighted by molar-refractivity contribution is 5.86. The second-order valence-electron chi connectivity index (χ2n) is 5.12. The van der Waals surface area contributed by atoms with E-state index < -0.39 is 12.5 Å². The van der Waals surface area contributed by atoms with Crippen LogP contribution >= 0.6 is 0 Å². The van der Waals surface area contributed by atoms with E-state index in [0.717, 1.165) is 18.2 Å². The van der Waals surface area contributed by atoms with E-state index >= 15 is 0 Å². The molecule has 5 nitrogen and oxygen atoms in total. The van der Waals surface area contributed by atoms with Crippen LogP contribution in [0.15, 0.2) is 18.2 Å². The van der Waals surface area contributed by atoms with Gasteiger partial charge in [-0.05, 0) is 36.8 Å². The van der Waals surface area contributed by atoms with Crippen molar-refractivity contribution in [1.29, 1.82) is 5.41 Å². The number of anilines is 1. The first-order valence-corrected chi connectivity index (χ1v) is 6.68. The highest BCUT2D eigenvalue weighted by Gasteiger charge is 2.30. The van der Waals surface area contributed by atoms with Gasteiger partial charge in [0.15, 0.2) is 0 Å². The summed E-state index contributed by atoms with van der Waals surface area (Å²) in [6, 6.07) is 5.02. The standard InChI is InChI=1S/C14H17F2N3O2/c15-14(16)18-12-6-9(2-4-11(12)7-17)8-1-3-10(5-8)13(20)19-21/h2,4,6-8,10,14,17-18,21H,1,3,5H2,(H,19,20). The van der Waals surface area contributed by atoms with Gasteiger partial charge in [0, 0.05) is 23.4 Å². The third-order valence-corrected chi connectivity index (χ3v) is 3.88. The summed E-state index contributed by atoms with van der Waals surface area (Å²) in [5.74, 6) is -0.571. The Morgan fingerprint density at radius 2 is 2.19 bits per heavy atom. The molecule has 2 atom stereocenters. The maximum absolute atomic E-state index is 12.5. The average Bonchev–Trinajstić information content (AvgIpc) is 2.95. The number of amides is 1. The molecule has 7 heteroatoms. The van der Waals surface area contributed by atoms with Gasteiger partial charge < -0.3 is 10.7 Å². The number of carbonyl (C=O) groups is 1. The van der Waals surface area contributed by atoms with Crippen molar-refractivity contribution in [2.75, 3.05) is 5.32 Å². The minimum Gasteiger partial charge on any atom is -0.329 e. The van der Waals surface area contributed by atoms with Gasteiger partial charge in [-0.15, -0.1) is 0 Å². The molecule has 2 rings (SSSR count). The number of hydrogen-bond acceptors (Lipinski definition) is 4. The molecule has 114 valence electrons. The van der Waals surface area contributed by atoms with Crippen LogP contribution in [-0.4, -0.2) is 23.9 Å². The van der Waals surface area contributed by atoms with Crippen molar-refractivity contribution in [2.45, 2.75) is 31.7 Å². The fourth-order valence-corrected chi connectivity index (χ4v) is 2.81. The Morgan fingerprint density at radius 1 is 1.43 bits per heavy atom. The summed E-state index contributed by atoms with van der Waals surface area (Å²) in [5.41, 5.74) is 3.12. The maximum Gasteiger partial charge on any atom is 0.312 e. The molecule has 1 saturated carbocycles. The number of nitrogens with one attached hydrogen (secondary N) is 3. The molecule has 4 N–H and O–H groups in total. The van der Waals surface area contributed by atoms with E-state index in [0.29, 0.717) is 18.4 Å². The largest absolute Gasteiger partial charge is 0.329 e. The molecule has 0 aromatic heterocycles. The molecule has 0 heterocycles. The third-order valence-electron chi connectivity index (χ3n) is 3.88. The molecule has 0 bridgehead atoms. The summed E-state index contributed by atoms with van der Waals surface area (Å²) >= 11 is 0. The fraction of sp³-hybridized carbons (Fsp3) is 0.429. The zero-order valence-electron chi connectivity index (χ0n) is 11.3. The van der Waals surface area contributed by atoms with Gasteiger partial charge >= 0.3 is 6.55 Å². The molecule has 0 aliphatic heterocycles. The van der Waals surface area contributed by atoms with E-state index in [4.69, 9.17) is 10.6 Å². The molecular weight excluding hydrogens is 280 g/mol. The molecule has 1 amide bonds. The van der Waals surface area contributed by atoms with Gasteiger partial charge in [0.25, 0.3) is 0 Å². The van der Waals surface area contributed by atoms with Gasteiger partial charge in [-0.1, -0.05) is 12.1 Å². The maximum atomic E-state index is 12.5. The summed E-state index contributed by atoms with van der Waals surface area (Å²) in [6.45, 7) is -2.70. The van der Waals surface area contributed by atoms with Crippen molar-refractivity contribution in [3.8, 4) is 0 Å². The lowest BCUT2D eigenvalue weighted by Crippen LogP contribution is -2.26. The quantitative estimate of drug-likeness (QED) is 0.292. The molecular formula is C14H17F2N3O2. The molecule has 1 aliphatic rings. The Kier molecular flexibility index (Phi) is 4.85. The van der Waals surface area contributed by atoms with Crippen LogP contribution < -0.4 is 10.8 Å². The summed E-state index contributed by atoms with van der Waals surface area (Å²) in [5, 5.41) is 17.9. The van der Waals surface area contributed by atoms with Gasteiger partial charge in [-0.25, -0.2) is 5.48 Å². The summed E-state index contributed by atoms with van der Waals surface area (Å²) in [7, 11) is 0. The van der Waals surface area contributed by atoms with Crippen LogP contribution in [0.5, 0.6) is 0 Å². The molecule has 1 aliphatic carbocycles. The molecule has 1 aromatic carbocycles. The van der Waals surface area contributed by atoms with Gasteiger partial charge in [-0.2, -0.15) is 8.78 Å². The minimum absolute atomic E-state index is 0.0882. The highest BCUT2D eigenvalue weighted by atomic mass is 19.3. The van der Waals surface area contributed by atoms with Crippen molar-refractivity contribution in [1.82, 2.24) is 5.48 Å².